The standard InChI is InChI=1S/C17H16O/c1-11-4-5-12(2)17-15(11)8-6-13-10-14(18-3)7-9-16(13)17/h4-10H,1-3H3. The molecule has 0 heterocycles. The van der Waals surface area contributed by atoms with E-state index in [4.69, 9.17) is 4.74 Å². The van der Waals surface area contributed by atoms with Crippen LogP contribution in [0.4, 0.5) is 0 Å². The summed E-state index contributed by atoms with van der Waals surface area (Å²) < 4.78 is 5.29. The summed E-state index contributed by atoms with van der Waals surface area (Å²) in [5.74, 6) is 0.909. The Labute approximate surface area is 107 Å². The van der Waals surface area contributed by atoms with Gasteiger partial charge in [-0.3, -0.25) is 0 Å². The van der Waals surface area contributed by atoms with E-state index in [-0.39, 0.29) is 0 Å². The van der Waals surface area contributed by atoms with Crippen LogP contribution >= 0.6 is 0 Å². The maximum absolute atomic E-state index is 5.29. The fraction of sp³-hybridized carbons (Fsp3) is 0.176. The van der Waals surface area contributed by atoms with Crippen LogP contribution in [0.3, 0.4) is 0 Å². The zero-order chi connectivity index (χ0) is 12.7. The molecule has 0 aromatic heterocycles. The molecule has 0 amide bonds. The van der Waals surface area contributed by atoms with Crippen molar-refractivity contribution < 1.29 is 4.74 Å². The molecule has 18 heavy (non-hydrogen) atoms. The van der Waals surface area contributed by atoms with Crippen LogP contribution in [0.5, 0.6) is 5.75 Å². The Balaban J connectivity index is 2.49. The lowest BCUT2D eigenvalue weighted by molar-refractivity contribution is 0.415. The van der Waals surface area contributed by atoms with Crippen molar-refractivity contribution in [1.29, 1.82) is 0 Å². The average molecular weight is 236 g/mol. The molecule has 0 aliphatic heterocycles. The summed E-state index contributed by atoms with van der Waals surface area (Å²) in [5, 5.41) is 5.23. The second-order valence-electron chi connectivity index (χ2n) is 4.77. The molecule has 0 bridgehead atoms. The number of aryl methyl sites for hydroxylation is 2. The molecule has 0 spiro atoms. The Morgan fingerprint density at radius 2 is 1.50 bits per heavy atom. The highest BCUT2D eigenvalue weighted by atomic mass is 16.5. The molecular formula is C17H16O. The van der Waals surface area contributed by atoms with Crippen molar-refractivity contribution in [2.24, 2.45) is 0 Å². The van der Waals surface area contributed by atoms with Gasteiger partial charge in [-0.2, -0.15) is 0 Å². The van der Waals surface area contributed by atoms with Crippen molar-refractivity contribution >= 4 is 21.5 Å². The van der Waals surface area contributed by atoms with Gasteiger partial charge in [0.05, 0.1) is 7.11 Å². The van der Waals surface area contributed by atoms with E-state index in [2.05, 4.69) is 50.2 Å². The van der Waals surface area contributed by atoms with E-state index < -0.39 is 0 Å². The summed E-state index contributed by atoms with van der Waals surface area (Å²) in [5.41, 5.74) is 2.65. The van der Waals surface area contributed by atoms with Gasteiger partial charge in [-0.1, -0.05) is 30.3 Å². The summed E-state index contributed by atoms with van der Waals surface area (Å²) in [4.78, 5) is 0. The molecular weight excluding hydrogens is 220 g/mol. The summed E-state index contributed by atoms with van der Waals surface area (Å²) in [7, 11) is 1.71. The van der Waals surface area contributed by atoms with Gasteiger partial charge in [0.1, 0.15) is 5.75 Å². The number of ether oxygens (including phenoxy) is 1. The van der Waals surface area contributed by atoms with Crippen LogP contribution in [-0.2, 0) is 0 Å². The molecule has 0 N–H and O–H groups in total. The summed E-state index contributed by atoms with van der Waals surface area (Å²) in [6.45, 7) is 4.34. The number of benzene rings is 3. The molecule has 1 nitrogen and oxygen atoms in total. The normalized spacial score (nSPS) is 11.1. The molecule has 0 atom stereocenters. The Morgan fingerprint density at radius 3 is 2.28 bits per heavy atom. The summed E-state index contributed by atoms with van der Waals surface area (Å²) in [6, 6.07) is 15.0. The van der Waals surface area contributed by atoms with Gasteiger partial charge < -0.3 is 4.74 Å². The van der Waals surface area contributed by atoms with Crippen molar-refractivity contribution in [2.45, 2.75) is 13.8 Å². The average Bonchev–Trinajstić information content (AvgIpc) is 2.41. The molecule has 0 aliphatic rings. The predicted octanol–water partition coefficient (Wildman–Crippen LogP) is 4.62. The fourth-order valence-electron chi connectivity index (χ4n) is 2.61. The fourth-order valence-corrected chi connectivity index (χ4v) is 2.61. The molecule has 0 radical (unpaired) electrons. The van der Waals surface area contributed by atoms with Gasteiger partial charge in [0.15, 0.2) is 0 Å². The van der Waals surface area contributed by atoms with Crippen LogP contribution in [0.2, 0.25) is 0 Å². The largest absolute Gasteiger partial charge is 0.497 e. The van der Waals surface area contributed by atoms with E-state index in [0.29, 0.717) is 0 Å². The Morgan fingerprint density at radius 1 is 0.778 bits per heavy atom. The smallest absolute Gasteiger partial charge is 0.119 e. The highest BCUT2D eigenvalue weighted by Gasteiger charge is 2.06. The first-order chi connectivity index (χ1) is 8.70. The molecule has 0 saturated carbocycles. The van der Waals surface area contributed by atoms with Gasteiger partial charge in [0.2, 0.25) is 0 Å². The van der Waals surface area contributed by atoms with Crippen LogP contribution < -0.4 is 4.74 Å². The topological polar surface area (TPSA) is 9.23 Å². The number of rotatable bonds is 1. The Bertz CT molecular complexity index is 741. The van der Waals surface area contributed by atoms with E-state index in [0.717, 1.165) is 5.75 Å². The van der Waals surface area contributed by atoms with Gasteiger partial charge in [-0.15, -0.1) is 0 Å². The van der Waals surface area contributed by atoms with Crippen LogP contribution in [0, 0.1) is 13.8 Å². The van der Waals surface area contributed by atoms with E-state index in [1.165, 1.54) is 32.7 Å². The number of hydrogen-bond donors (Lipinski definition) is 0. The van der Waals surface area contributed by atoms with Crippen LogP contribution in [0.1, 0.15) is 11.1 Å². The Hall–Kier alpha value is -2.02. The first-order valence-electron chi connectivity index (χ1n) is 6.17. The minimum atomic E-state index is 0.909. The third-order valence-corrected chi connectivity index (χ3v) is 3.63. The number of hydrogen-bond acceptors (Lipinski definition) is 1. The minimum absolute atomic E-state index is 0.909. The van der Waals surface area contributed by atoms with E-state index in [1.54, 1.807) is 7.11 Å². The predicted molar refractivity (Wildman–Crippen MR) is 77.5 cm³/mol. The minimum Gasteiger partial charge on any atom is -0.497 e. The first kappa shape index (κ1) is 11.1. The lowest BCUT2D eigenvalue weighted by Gasteiger charge is -2.10. The van der Waals surface area contributed by atoms with Gasteiger partial charge in [0.25, 0.3) is 0 Å². The quantitative estimate of drug-likeness (QED) is 0.560. The molecule has 0 aliphatic carbocycles. The maximum Gasteiger partial charge on any atom is 0.119 e. The van der Waals surface area contributed by atoms with Crippen molar-refractivity contribution in [2.75, 3.05) is 7.11 Å². The molecule has 0 saturated heterocycles. The molecule has 1 heteroatoms. The van der Waals surface area contributed by atoms with E-state index in [1.807, 2.05) is 6.07 Å². The highest BCUT2D eigenvalue weighted by Crippen LogP contribution is 2.31. The molecule has 3 aromatic rings. The van der Waals surface area contributed by atoms with Crippen LogP contribution in [0.25, 0.3) is 21.5 Å². The van der Waals surface area contributed by atoms with E-state index >= 15 is 0 Å². The van der Waals surface area contributed by atoms with Gasteiger partial charge >= 0.3 is 0 Å². The van der Waals surface area contributed by atoms with Crippen molar-refractivity contribution in [3.8, 4) is 5.75 Å². The van der Waals surface area contributed by atoms with Crippen molar-refractivity contribution in [3.05, 3.63) is 53.6 Å². The number of fused-ring (bicyclic) bond motifs is 3. The molecule has 3 aromatic carbocycles. The summed E-state index contributed by atoms with van der Waals surface area (Å²) in [6.07, 6.45) is 0. The van der Waals surface area contributed by atoms with Crippen LogP contribution in [-0.4, -0.2) is 7.11 Å². The second kappa shape index (κ2) is 4.02. The highest BCUT2D eigenvalue weighted by molar-refractivity contribution is 6.10. The van der Waals surface area contributed by atoms with Gasteiger partial charge in [0, 0.05) is 0 Å². The zero-order valence-electron chi connectivity index (χ0n) is 10.9. The third-order valence-electron chi connectivity index (χ3n) is 3.63. The molecule has 3 rings (SSSR count). The molecule has 90 valence electrons. The van der Waals surface area contributed by atoms with Crippen molar-refractivity contribution in [1.82, 2.24) is 0 Å². The van der Waals surface area contributed by atoms with Gasteiger partial charge in [-0.05, 0) is 58.7 Å². The van der Waals surface area contributed by atoms with Crippen LogP contribution in [0.15, 0.2) is 42.5 Å². The Kier molecular flexibility index (Phi) is 2.48. The SMILES string of the molecule is COc1ccc2c(ccc3c(C)ccc(C)c32)c1. The molecule has 0 unspecified atom stereocenters. The van der Waals surface area contributed by atoms with E-state index in [9.17, 15) is 0 Å². The van der Waals surface area contributed by atoms with Crippen molar-refractivity contribution in [3.63, 3.8) is 0 Å². The maximum atomic E-state index is 5.29. The summed E-state index contributed by atoms with van der Waals surface area (Å²) >= 11 is 0. The zero-order valence-corrected chi connectivity index (χ0v) is 10.9. The first-order valence-corrected chi connectivity index (χ1v) is 6.17. The second-order valence-corrected chi connectivity index (χ2v) is 4.77. The monoisotopic (exact) mass is 236 g/mol. The molecule has 0 fully saturated rings. The lowest BCUT2D eigenvalue weighted by Crippen LogP contribution is -1.87. The van der Waals surface area contributed by atoms with Gasteiger partial charge in [-0.25, -0.2) is 0 Å². The lowest BCUT2D eigenvalue weighted by atomic mass is 9.95. The number of methoxy groups -OCH3 is 1. The third kappa shape index (κ3) is 1.55.